The Morgan fingerprint density at radius 2 is 1.73 bits per heavy atom. The molecule has 0 aromatic carbocycles. The van der Waals surface area contributed by atoms with E-state index in [9.17, 15) is 0 Å². The maximum atomic E-state index is 8.00. The molecule has 1 radical (unpaired) electrons. The van der Waals surface area contributed by atoms with Gasteiger partial charge in [-0.25, -0.2) is 12.2 Å². The first-order valence-electron chi connectivity index (χ1n) is 2.01. The molecule has 0 saturated carbocycles. The van der Waals surface area contributed by atoms with Crippen LogP contribution in [0.1, 0.15) is 6.42 Å². The summed E-state index contributed by atoms with van der Waals surface area (Å²) in [5.74, 6) is 0. The van der Waals surface area contributed by atoms with Gasteiger partial charge in [0.1, 0.15) is 6.79 Å². The van der Waals surface area contributed by atoms with Gasteiger partial charge in [0.05, 0.1) is 0 Å². The Balaban J connectivity index is -0.0000000189. The van der Waals surface area contributed by atoms with Gasteiger partial charge in [0.15, 0.2) is 0 Å². The van der Waals surface area contributed by atoms with E-state index < -0.39 is 0 Å². The third-order valence-corrected chi connectivity index (χ3v) is 0.586. The summed E-state index contributed by atoms with van der Waals surface area (Å²) in [6, 6.07) is 0. The predicted octanol–water partition coefficient (Wildman–Crippen LogP) is -4.42. The number of hydrogen-bond acceptors (Lipinski definition) is 1. The largest absolute Gasteiger partial charge is 2.00 e. The van der Waals surface area contributed by atoms with E-state index in [0.29, 0.717) is 0 Å². The first-order chi connectivity index (χ1) is 3.50. The summed E-state index contributed by atoms with van der Waals surface area (Å²) < 4.78 is 0. The first-order valence-corrected chi connectivity index (χ1v) is 2.01. The van der Waals surface area contributed by atoms with E-state index in [4.69, 9.17) is 4.79 Å². The summed E-state index contributed by atoms with van der Waals surface area (Å²) in [7, 11) is 0. The Labute approximate surface area is 91.3 Å². The van der Waals surface area contributed by atoms with Crippen LogP contribution in [0, 0.1) is 13.5 Å². The molecule has 69 valence electrons. The van der Waals surface area contributed by atoms with Crippen molar-refractivity contribution >= 4 is 6.79 Å². The van der Waals surface area contributed by atoms with Crippen LogP contribution in [0.4, 0.5) is 0 Å². The molecule has 0 N–H and O–H groups in total. The van der Waals surface area contributed by atoms with Crippen LogP contribution in [0.3, 0.4) is 0 Å². The number of carbonyl (C=O) groups excluding carboxylic acids is 1. The molecule has 0 unspecified atom stereocenters. The van der Waals surface area contributed by atoms with Crippen molar-refractivity contribution in [1.29, 1.82) is 0 Å². The SMILES string of the molecule is C=O.[C-]1=CC=CC1.[CH3-].[Cl-].[Cl-].[Co+2]. The molecule has 1 rings (SSSR count). The molecule has 1 aliphatic carbocycles. The van der Waals surface area contributed by atoms with E-state index in [1.165, 1.54) is 0 Å². The normalized spacial score (nSPS) is 8.36. The molecule has 0 aromatic heterocycles. The van der Waals surface area contributed by atoms with Crippen molar-refractivity contribution in [2.24, 2.45) is 0 Å². The fourth-order valence-electron chi connectivity index (χ4n) is 0.340. The zero-order valence-corrected chi connectivity index (χ0v) is 8.70. The molecule has 0 aromatic rings. The molecule has 11 heavy (non-hydrogen) atoms. The maximum absolute atomic E-state index is 8.00. The third kappa shape index (κ3) is 25.3. The van der Waals surface area contributed by atoms with Gasteiger partial charge in [-0.05, 0) is 0 Å². The molecular formula is C7H10Cl2CoO-2. The average Bonchev–Trinajstić information content (AvgIpc) is 2.23. The van der Waals surface area contributed by atoms with Gasteiger partial charge in [-0.15, -0.1) is 6.42 Å². The van der Waals surface area contributed by atoms with Crippen LogP contribution in [0.5, 0.6) is 0 Å². The van der Waals surface area contributed by atoms with Crippen LogP contribution in [-0.4, -0.2) is 6.79 Å². The Hall–Kier alpha value is 0.236. The fraction of sp³-hybridized carbons (Fsp3) is 0.143. The standard InChI is InChI=1S/C5H5.CH2O.CH3.2ClH.Co/c1-2-4-5-3-1;1-2;;;;/h1-3H,4H2;1H2;1H3;2*1H;/q-1;;-1;;;+2/p-2. The van der Waals surface area contributed by atoms with Gasteiger partial charge in [0.2, 0.25) is 0 Å². The summed E-state index contributed by atoms with van der Waals surface area (Å²) >= 11 is 0. The monoisotopic (exact) mass is 239 g/mol. The predicted molar refractivity (Wildman–Crippen MR) is 35.1 cm³/mol. The zero-order valence-electron chi connectivity index (χ0n) is 6.14. The zero-order chi connectivity index (χ0) is 5.54. The van der Waals surface area contributed by atoms with Gasteiger partial charge in [0.25, 0.3) is 0 Å². The van der Waals surface area contributed by atoms with E-state index in [-0.39, 0.29) is 49.0 Å². The molecule has 0 spiro atoms. The molecule has 0 saturated heterocycles. The number of rotatable bonds is 0. The van der Waals surface area contributed by atoms with E-state index in [0.717, 1.165) is 6.42 Å². The van der Waals surface area contributed by atoms with Gasteiger partial charge in [-0.1, -0.05) is 0 Å². The van der Waals surface area contributed by atoms with Crippen molar-refractivity contribution in [3.63, 3.8) is 0 Å². The summed E-state index contributed by atoms with van der Waals surface area (Å²) in [6.07, 6.45) is 10.0. The van der Waals surface area contributed by atoms with Gasteiger partial charge < -0.3 is 37.0 Å². The van der Waals surface area contributed by atoms with E-state index in [2.05, 4.69) is 12.2 Å². The Morgan fingerprint density at radius 3 is 1.82 bits per heavy atom. The van der Waals surface area contributed by atoms with E-state index in [1.807, 2.05) is 18.9 Å². The topological polar surface area (TPSA) is 17.1 Å². The number of halogens is 2. The van der Waals surface area contributed by atoms with Crippen molar-refractivity contribution in [3.05, 3.63) is 31.7 Å². The molecule has 0 atom stereocenters. The maximum Gasteiger partial charge on any atom is 2.00 e. The second-order valence-electron chi connectivity index (χ2n) is 1.00. The fourth-order valence-corrected chi connectivity index (χ4v) is 0.340. The molecule has 0 amide bonds. The van der Waals surface area contributed by atoms with Crippen LogP contribution < -0.4 is 24.8 Å². The summed E-state index contributed by atoms with van der Waals surface area (Å²) in [6.45, 7) is 2.00. The molecular weight excluding hydrogens is 230 g/mol. The van der Waals surface area contributed by atoms with Crippen LogP contribution in [0.2, 0.25) is 0 Å². The Morgan fingerprint density at radius 1 is 1.27 bits per heavy atom. The van der Waals surface area contributed by atoms with Gasteiger partial charge in [-0.2, -0.15) is 6.08 Å². The number of hydrogen-bond donors (Lipinski definition) is 0. The molecule has 1 aliphatic rings. The second kappa shape index (κ2) is 31.8. The van der Waals surface area contributed by atoms with Crippen molar-refractivity contribution < 1.29 is 46.4 Å². The van der Waals surface area contributed by atoms with Gasteiger partial charge in [-0.3, -0.25) is 6.08 Å². The van der Waals surface area contributed by atoms with Gasteiger partial charge in [0, 0.05) is 0 Å². The molecule has 4 heteroatoms. The molecule has 0 heterocycles. The minimum absolute atomic E-state index is 0. The van der Waals surface area contributed by atoms with Crippen molar-refractivity contribution in [3.8, 4) is 0 Å². The van der Waals surface area contributed by atoms with Crippen LogP contribution in [0.15, 0.2) is 18.2 Å². The quantitative estimate of drug-likeness (QED) is 0.391. The van der Waals surface area contributed by atoms with Crippen LogP contribution in [-0.2, 0) is 21.6 Å². The summed E-state index contributed by atoms with van der Waals surface area (Å²) in [5, 5.41) is 0. The van der Waals surface area contributed by atoms with Crippen LogP contribution in [0.25, 0.3) is 0 Å². The number of carbonyl (C=O) groups is 1. The first kappa shape index (κ1) is 30.3. The minimum Gasteiger partial charge on any atom is -1.00 e. The third-order valence-electron chi connectivity index (χ3n) is 0.586. The summed E-state index contributed by atoms with van der Waals surface area (Å²) in [4.78, 5) is 8.00. The molecule has 1 nitrogen and oxygen atoms in total. The van der Waals surface area contributed by atoms with E-state index in [1.54, 1.807) is 0 Å². The second-order valence-corrected chi connectivity index (χ2v) is 1.00. The van der Waals surface area contributed by atoms with Gasteiger partial charge >= 0.3 is 16.8 Å². The minimum atomic E-state index is 0. The average molecular weight is 240 g/mol. The van der Waals surface area contributed by atoms with Crippen LogP contribution >= 0.6 is 0 Å². The van der Waals surface area contributed by atoms with Crippen molar-refractivity contribution in [2.45, 2.75) is 6.42 Å². The number of allylic oxidation sites excluding steroid dienone is 4. The Kier molecular flexibility index (Phi) is 87.6. The Bertz CT molecular complexity index is 84.4. The molecule has 0 bridgehead atoms. The van der Waals surface area contributed by atoms with Crippen molar-refractivity contribution in [1.82, 2.24) is 0 Å². The smallest absolute Gasteiger partial charge is 1.00 e. The van der Waals surface area contributed by atoms with E-state index >= 15 is 0 Å². The molecule has 0 fully saturated rings. The molecule has 0 aliphatic heterocycles. The summed E-state index contributed by atoms with van der Waals surface area (Å²) in [5.41, 5.74) is 0. The van der Waals surface area contributed by atoms with Crippen molar-refractivity contribution in [2.75, 3.05) is 0 Å².